The predicted molar refractivity (Wildman–Crippen MR) is 77.7 cm³/mol. The Kier molecular flexibility index (Phi) is 2.96. The Morgan fingerprint density at radius 2 is 2.19 bits per heavy atom. The van der Waals surface area contributed by atoms with Crippen LogP contribution in [0.1, 0.15) is 36.9 Å². The first-order valence-corrected chi connectivity index (χ1v) is 7.29. The zero-order valence-corrected chi connectivity index (χ0v) is 11.8. The van der Waals surface area contributed by atoms with Gasteiger partial charge in [0.1, 0.15) is 5.82 Å². The summed E-state index contributed by atoms with van der Waals surface area (Å²) in [7, 11) is 0. The van der Waals surface area contributed by atoms with Crippen molar-refractivity contribution in [1.82, 2.24) is 25.4 Å². The SMILES string of the molecule is CC1CCNC1c1nc(Cc2nc3ccccc3[nH]2)no1. The van der Waals surface area contributed by atoms with Crippen molar-refractivity contribution in [2.24, 2.45) is 5.92 Å². The Hall–Kier alpha value is -2.21. The van der Waals surface area contributed by atoms with Crippen LogP contribution < -0.4 is 5.32 Å². The van der Waals surface area contributed by atoms with Gasteiger partial charge in [-0.25, -0.2) is 4.98 Å². The van der Waals surface area contributed by atoms with Crippen LogP contribution in [0.4, 0.5) is 0 Å². The molecule has 1 aromatic carbocycles. The van der Waals surface area contributed by atoms with Gasteiger partial charge in [-0.15, -0.1) is 0 Å². The van der Waals surface area contributed by atoms with Crippen molar-refractivity contribution in [2.45, 2.75) is 25.8 Å². The monoisotopic (exact) mass is 283 g/mol. The topological polar surface area (TPSA) is 79.6 Å². The minimum absolute atomic E-state index is 0.182. The lowest BCUT2D eigenvalue weighted by atomic mass is 10.0. The van der Waals surface area contributed by atoms with Gasteiger partial charge in [-0.3, -0.25) is 0 Å². The van der Waals surface area contributed by atoms with Gasteiger partial charge in [0, 0.05) is 0 Å². The van der Waals surface area contributed by atoms with Gasteiger partial charge in [0.25, 0.3) is 0 Å². The Morgan fingerprint density at radius 1 is 1.29 bits per heavy atom. The first-order valence-electron chi connectivity index (χ1n) is 7.29. The Morgan fingerprint density at radius 3 is 3.00 bits per heavy atom. The fourth-order valence-corrected chi connectivity index (χ4v) is 2.87. The molecule has 0 spiro atoms. The number of imidazole rings is 1. The molecule has 2 N–H and O–H groups in total. The fourth-order valence-electron chi connectivity index (χ4n) is 2.87. The third kappa shape index (κ3) is 2.31. The number of rotatable bonds is 3. The van der Waals surface area contributed by atoms with E-state index in [2.05, 4.69) is 32.3 Å². The minimum atomic E-state index is 0.182. The molecule has 3 heterocycles. The van der Waals surface area contributed by atoms with Crippen LogP contribution in [-0.4, -0.2) is 26.7 Å². The molecule has 3 aromatic rings. The normalized spacial score (nSPS) is 22.1. The average molecular weight is 283 g/mol. The number of nitrogens with one attached hydrogen (secondary N) is 2. The predicted octanol–water partition coefficient (Wildman–Crippen LogP) is 2.21. The molecule has 4 rings (SSSR count). The first-order chi connectivity index (χ1) is 10.3. The summed E-state index contributed by atoms with van der Waals surface area (Å²) in [6.45, 7) is 3.21. The maximum absolute atomic E-state index is 5.40. The van der Waals surface area contributed by atoms with Crippen LogP contribution in [0, 0.1) is 5.92 Å². The van der Waals surface area contributed by atoms with E-state index in [-0.39, 0.29) is 6.04 Å². The molecular weight excluding hydrogens is 266 g/mol. The van der Waals surface area contributed by atoms with Gasteiger partial charge in [0.2, 0.25) is 5.89 Å². The molecule has 0 radical (unpaired) electrons. The molecule has 1 saturated heterocycles. The number of aromatic nitrogens is 4. The molecule has 21 heavy (non-hydrogen) atoms. The van der Waals surface area contributed by atoms with Crippen LogP contribution in [0.3, 0.4) is 0 Å². The van der Waals surface area contributed by atoms with Gasteiger partial charge in [-0.1, -0.05) is 24.2 Å². The molecule has 1 fully saturated rings. The summed E-state index contributed by atoms with van der Waals surface area (Å²) < 4.78 is 5.40. The molecule has 2 unspecified atom stereocenters. The largest absolute Gasteiger partial charge is 0.342 e. The zero-order valence-electron chi connectivity index (χ0n) is 11.8. The minimum Gasteiger partial charge on any atom is -0.342 e. The quantitative estimate of drug-likeness (QED) is 0.770. The number of nitrogens with zero attached hydrogens (tertiary/aromatic N) is 3. The lowest BCUT2D eigenvalue weighted by Gasteiger charge is -2.09. The van der Waals surface area contributed by atoms with E-state index in [0.29, 0.717) is 24.1 Å². The highest BCUT2D eigenvalue weighted by atomic mass is 16.5. The molecule has 108 valence electrons. The van der Waals surface area contributed by atoms with Crippen molar-refractivity contribution in [1.29, 1.82) is 0 Å². The lowest BCUT2D eigenvalue weighted by molar-refractivity contribution is 0.317. The van der Waals surface area contributed by atoms with Gasteiger partial charge in [0.05, 0.1) is 23.5 Å². The molecule has 2 aromatic heterocycles. The number of hydrogen-bond donors (Lipinski definition) is 2. The van der Waals surface area contributed by atoms with Crippen molar-refractivity contribution < 1.29 is 4.52 Å². The van der Waals surface area contributed by atoms with Crippen LogP contribution in [0.25, 0.3) is 11.0 Å². The molecule has 6 heteroatoms. The molecule has 0 saturated carbocycles. The molecule has 6 nitrogen and oxygen atoms in total. The molecule has 0 bridgehead atoms. The molecular formula is C15H17N5O. The number of para-hydroxylation sites is 2. The number of benzene rings is 1. The van der Waals surface area contributed by atoms with Crippen LogP contribution in [0.15, 0.2) is 28.8 Å². The van der Waals surface area contributed by atoms with Crippen LogP contribution in [0.5, 0.6) is 0 Å². The average Bonchev–Trinajstić information content (AvgIpc) is 3.17. The van der Waals surface area contributed by atoms with Crippen LogP contribution in [-0.2, 0) is 6.42 Å². The Bertz CT molecular complexity index is 729. The molecule has 2 atom stereocenters. The number of H-pyrrole nitrogens is 1. The van der Waals surface area contributed by atoms with Crippen molar-refractivity contribution >= 4 is 11.0 Å². The number of aromatic amines is 1. The van der Waals surface area contributed by atoms with Crippen LogP contribution in [0.2, 0.25) is 0 Å². The summed E-state index contributed by atoms with van der Waals surface area (Å²) >= 11 is 0. The summed E-state index contributed by atoms with van der Waals surface area (Å²) in [4.78, 5) is 12.3. The molecule has 1 aliphatic heterocycles. The van der Waals surface area contributed by atoms with Gasteiger partial charge in [0.15, 0.2) is 5.82 Å². The second-order valence-corrected chi connectivity index (χ2v) is 5.62. The highest BCUT2D eigenvalue weighted by molar-refractivity contribution is 5.74. The van der Waals surface area contributed by atoms with Crippen molar-refractivity contribution in [3.63, 3.8) is 0 Å². The third-order valence-electron chi connectivity index (χ3n) is 4.05. The highest BCUT2D eigenvalue weighted by Gasteiger charge is 2.29. The molecule has 0 aliphatic carbocycles. The third-order valence-corrected chi connectivity index (χ3v) is 4.05. The number of hydrogen-bond acceptors (Lipinski definition) is 5. The van der Waals surface area contributed by atoms with E-state index in [0.717, 1.165) is 29.8 Å². The Labute approximate surface area is 122 Å². The summed E-state index contributed by atoms with van der Waals surface area (Å²) in [5.74, 6) is 2.75. The summed E-state index contributed by atoms with van der Waals surface area (Å²) in [5, 5.41) is 7.48. The second-order valence-electron chi connectivity index (χ2n) is 5.62. The standard InChI is InChI=1S/C15H17N5O/c1-9-6-7-16-14(9)15-19-13(20-21-15)8-12-17-10-4-2-3-5-11(10)18-12/h2-5,9,14,16H,6-8H2,1H3,(H,17,18). The molecule has 1 aliphatic rings. The Balaban J connectivity index is 1.55. The van der Waals surface area contributed by atoms with Crippen molar-refractivity contribution in [3.8, 4) is 0 Å². The second kappa shape index (κ2) is 4.96. The van der Waals surface area contributed by atoms with E-state index in [1.165, 1.54) is 0 Å². The highest BCUT2D eigenvalue weighted by Crippen LogP contribution is 2.27. The summed E-state index contributed by atoms with van der Waals surface area (Å²) in [6, 6.07) is 8.15. The van der Waals surface area contributed by atoms with Crippen molar-refractivity contribution in [2.75, 3.05) is 6.54 Å². The van der Waals surface area contributed by atoms with Gasteiger partial charge >= 0.3 is 0 Å². The van der Waals surface area contributed by atoms with Gasteiger partial charge in [-0.2, -0.15) is 4.98 Å². The summed E-state index contributed by atoms with van der Waals surface area (Å²) in [6.07, 6.45) is 1.70. The summed E-state index contributed by atoms with van der Waals surface area (Å²) in [5.41, 5.74) is 1.99. The van der Waals surface area contributed by atoms with Gasteiger partial charge < -0.3 is 14.8 Å². The smallest absolute Gasteiger partial charge is 0.244 e. The van der Waals surface area contributed by atoms with E-state index in [4.69, 9.17) is 4.52 Å². The van der Waals surface area contributed by atoms with E-state index in [1.807, 2.05) is 24.3 Å². The van der Waals surface area contributed by atoms with E-state index in [9.17, 15) is 0 Å². The lowest BCUT2D eigenvalue weighted by Crippen LogP contribution is -2.16. The molecule has 0 amide bonds. The maximum Gasteiger partial charge on any atom is 0.244 e. The first kappa shape index (κ1) is 12.5. The van der Waals surface area contributed by atoms with Crippen molar-refractivity contribution in [3.05, 3.63) is 41.8 Å². The number of fused-ring (bicyclic) bond motifs is 1. The van der Waals surface area contributed by atoms with E-state index >= 15 is 0 Å². The van der Waals surface area contributed by atoms with E-state index in [1.54, 1.807) is 0 Å². The zero-order chi connectivity index (χ0) is 14.2. The van der Waals surface area contributed by atoms with E-state index < -0.39 is 0 Å². The maximum atomic E-state index is 5.40. The van der Waals surface area contributed by atoms with Gasteiger partial charge in [-0.05, 0) is 31.0 Å². The fraction of sp³-hybridized carbons (Fsp3) is 0.400. The van der Waals surface area contributed by atoms with Crippen LogP contribution >= 0.6 is 0 Å².